The van der Waals surface area contributed by atoms with Crippen molar-refractivity contribution in [3.05, 3.63) is 21.3 Å². The second kappa shape index (κ2) is 5.88. The van der Waals surface area contributed by atoms with E-state index in [1.54, 1.807) is 11.3 Å². The third-order valence-corrected chi connectivity index (χ3v) is 5.30. The van der Waals surface area contributed by atoms with Gasteiger partial charge in [-0.15, -0.1) is 11.3 Å². The topological polar surface area (TPSA) is 47.3 Å². The van der Waals surface area contributed by atoms with Gasteiger partial charge in [0, 0.05) is 16.8 Å². The van der Waals surface area contributed by atoms with Crippen LogP contribution >= 0.6 is 22.9 Å². The summed E-state index contributed by atoms with van der Waals surface area (Å²) < 4.78 is 6.72. The highest BCUT2D eigenvalue weighted by atomic mass is 35.5. The molecule has 5 atom stereocenters. The van der Waals surface area contributed by atoms with Gasteiger partial charge in [-0.05, 0) is 38.3 Å². The molecule has 1 aliphatic heterocycles. The molecule has 2 rings (SSSR count). The second-order valence-corrected chi connectivity index (χ2v) is 6.97. The summed E-state index contributed by atoms with van der Waals surface area (Å²) in [7, 11) is 0. The Kier molecular flexibility index (Phi) is 4.67. The Hall–Kier alpha value is -0.130. The molecule has 0 amide bonds. The van der Waals surface area contributed by atoms with Crippen LogP contribution in [0.4, 0.5) is 0 Å². The minimum Gasteiger partial charge on any atom is -0.375 e. The van der Waals surface area contributed by atoms with Crippen LogP contribution in [0.1, 0.15) is 25.6 Å². The molecule has 5 unspecified atom stereocenters. The fourth-order valence-electron chi connectivity index (χ4n) is 2.97. The molecule has 102 valence electrons. The van der Waals surface area contributed by atoms with Gasteiger partial charge in [0.25, 0.3) is 0 Å². The smallest absolute Gasteiger partial charge is 0.0931 e. The average Bonchev–Trinajstić information content (AvgIpc) is 2.82. The first-order valence-corrected chi connectivity index (χ1v) is 7.58. The standard InChI is InChI=1S/C13H21ClN2OS/c1-7-8(2)17-9(3)13(7)11(16-15)6-10-4-5-12(14)18-10/h4-5,7-9,11,13,16H,6,15H2,1-3H3. The Morgan fingerprint density at radius 1 is 1.39 bits per heavy atom. The predicted molar refractivity (Wildman–Crippen MR) is 76.8 cm³/mol. The van der Waals surface area contributed by atoms with Crippen LogP contribution in [0.3, 0.4) is 0 Å². The van der Waals surface area contributed by atoms with E-state index in [2.05, 4.69) is 32.3 Å². The summed E-state index contributed by atoms with van der Waals surface area (Å²) in [6.45, 7) is 6.51. The van der Waals surface area contributed by atoms with Gasteiger partial charge in [0.2, 0.25) is 0 Å². The summed E-state index contributed by atoms with van der Waals surface area (Å²) in [5.41, 5.74) is 2.97. The van der Waals surface area contributed by atoms with Crippen molar-refractivity contribution in [2.75, 3.05) is 0 Å². The zero-order chi connectivity index (χ0) is 13.3. The van der Waals surface area contributed by atoms with E-state index in [4.69, 9.17) is 22.2 Å². The molecule has 0 saturated carbocycles. The maximum absolute atomic E-state index is 5.97. The molecule has 0 radical (unpaired) electrons. The van der Waals surface area contributed by atoms with Crippen LogP contribution in [0.15, 0.2) is 12.1 Å². The van der Waals surface area contributed by atoms with Gasteiger partial charge in [-0.3, -0.25) is 11.3 Å². The van der Waals surface area contributed by atoms with Gasteiger partial charge in [-0.2, -0.15) is 0 Å². The molecule has 3 nitrogen and oxygen atoms in total. The van der Waals surface area contributed by atoms with E-state index in [9.17, 15) is 0 Å². The first kappa shape index (κ1) is 14.3. The highest BCUT2D eigenvalue weighted by molar-refractivity contribution is 7.16. The lowest BCUT2D eigenvalue weighted by Gasteiger charge is -2.28. The highest BCUT2D eigenvalue weighted by Crippen LogP contribution is 2.36. The first-order valence-electron chi connectivity index (χ1n) is 6.38. The number of thiophene rings is 1. The van der Waals surface area contributed by atoms with Gasteiger partial charge in [0.1, 0.15) is 0 Å². The van der Waals surface area contributed by atoms with Gasteiger partial charge in [-0.25, -0.2) is 0 Å². The molecule has 0 aromatic carbocycles. The molecule has 0 spiro atoms. The molecule has 1 aromatic rings. The molecule has 5 heteroatoms. The number of hydrogen-bond donors (Lipinski definition) is 2. The fraction of sp³-hybridized carbons (Fsp3) is 0.692. The number of hydrogen-bond acceptors (Lipinski definition) is 4. The minimum atomic E-state index is 0.231. The summed E-state index contributed by atoms with van der Waals surface area (Å²) in [5.74, 6) is 6.69. The van der Waals surface area contributed by atoms with Crippen LogP contribution in [0, 0.1) is 11.8 Å². The SMILES string of the molecule is CC1OC(C)C(C(Cc2ccc(Cl)s2)NN)C1C. The van der Waals surface area contributed by atoms with Gasteiger partial charge < -0.3 is 4.74 Å². The lowest BCUT2D eigenvalue weighted by Crippen LogP contribution is -2.46. The van der Waals surface area contributed by atoms with Crippen molar-refractivity contribution >= 4 is 22.9 Å². The van der Waals surface area contributed by atoms with Crippen molar-refractivity contribution in [2.45, 2.75) is 45.4 Å². The number of nitrogens with one attached hydrogen (secondary N) is 1. The van der Waals surface area contributed by atoms with Crippen LogP contribution in [0.2, 0.25) is 4.34 Å². The van der Waals surface area contributed by atoms with Crippen LogP contribution < -0.4 is 11.3 Å². The average molecular weight is 289 g/mol. The maximum Gasteiger partial charge on any atom is 0.0931 e. The Bertz CT molecular complexity index is 398. The Balaban J connectivity index is 2.08. The molecular formula is C13H21ClN2OS. The van der Waals surface area contributed by atoms with Crippen LogP contribution in [-0.4, -0.2) is 18.2 Å². The van der Waals surface area contributed by atoms with Crippen molar-refractivity contribution < 1.29 is 4.74 Å². The quantitative estimate of drug-likeness (QED) is 0.662. The number of halogens is 1. The number of nitrogens with two attached hydrogens (primary N) is 1. The summed E-state index contributed by atoms with van der Waals surface area (Å²) in [6.07, 6.45) is 1.45. The lowest BCUT2D eigenvalue weighted by molar-refractivity contribution is 0.0476. The van der Waals surface area contributed by atoms with Crippen molar-refractivity contribution in [2.24, 2.45) is 17.7 Å². The Labute approximate surface area is 118 Å². The zero-order valence-corrected chi connectivity index (χ0v) is 12.6. The molecule has 0 bridgehead atoms. The van der Waals surface area contributed by atoms with Crippen LogP contribution in [0.5, 0.6) is 0 Å². The summed E-state index contributed by atoms with van der Waals surface area (Å²) in [5, 5.41) is 0. The molecule has 1 aliphatic rings. The van der Waals surface area contributed by atoms with Gasteiger partial charge in [0.15, 0.2) is 0 Å². The summed E-state index contributed by atoms with van der Waals surface area (Å²) in [4.78, 5) is 1.27. The predicted octanol–water partition coefficient (Wildman–Crippen LogP) is 2.84. The highest BCUT2D eigenvalue weighted by Gasteiger charge is 2.41. The Morgan fingerprint density at radius 3 is 2.56 bits per heavy atom. The third-order valence-electron chi connectivity index (χ3n) is 4.05. The monoisotopic (exact) mass is 288 g/mol. The third kappa shape index (κ3) is 2.89. The number of rotatable bonds is 4. The van der Waals surface area contributed by atoms with E-state index in [1.807, 2.05) is 6.07 Å². The number of ether oxygens (including phenoxy) is 1. The fourth-order valence-corrected chi connectivity index (χ4v) is 4.12. The molecule has 3 N–H and O–H groups in total. The van der Waals surface area contributed by atoms with E-state index in [-0.39, 0.29) is 12.1 Å². The number of hydrazine groups is 1. The van der Waals surface area contributed by atoms with Crippen LogP contribution in [0.25, 0.3) is 0 Å². The molecule has 1 fully saturated rings. The maximum atomic E-state index is 5.97. The molecule has 1 saturated heterocycles. The van der Waals surface area contributed by atoms with E-state index in [1.165, 1.54) is 4.88 Å². The molecular weight excluding hydrogens is 268 g/mol. The zero-order valence-electron chi connectivity index (χ0n) is 11.0. The molecule has 0 aliphatic carbocycles. The first-order chi connectivity index (χ1) is 8.52. The van der Waals surface area contributed by atoms with E-state index < -0.39 is 0 Å². The largest absolute Gasteiger partial charge is 0.375 e. The van der Waals surface area contributed by atoms with E-state index >= 15 is 0 Å². The summed E-state index contributed by atoms with van der Waals surface area (Å²) >= 11 is 7.59. The van der Waals surface area contributed by atoms with Crippen LogP contribution in [-0.2, 0) is 11.2 Å². The van der Waals surface area contributed by atoms with E-state index in [0.29, 0.717) is 17.9 Å². The molecule has 18 heavy (non-hydrogen) atoms. The van der Waals surface area contributed by atoms with E-state index in [0.717, 1.165) is 10.8 Å². The Morgan fingerprint density at radius 2 is 2.11 bits per heavy atom. The van der Waals surface area contributed by atoms with Gasteiger partial charge >= 0.3 is 0 Å². The molecule has 1 aromatic heterocycles. The van der Waals surface area contributed by atoms with Gasteiger partial charge in [0.05, 0.1) is 16.5 Å². The lowest BCUT2D eigenvalue weighted by atomic mass is 9.82. The normalized spacial score (nSPS) is 33.8. The summed E-state index contributed by atoms with van der Waals surface area (Å²) in [6, 6.07) is 4.25. The van der Waals surface area contributed by atoms with Crippen molar-refractivity contribution in [1.82, 2.24) is 5.43 Å². The van der Waals surface area contributed by atoms with Gasteiger partial charge in [-0.1, -0.05) is 18.5 Å². The second-order valence-electron chi connectivity index (χ2n) is 5.17. The molecule has 2 heterocycles. The minimum absolute atomic E-state index is 0.231. The van der Waals surface area contributed by atoms with Crippen molar-refractivity contribution in [3.63, 3.8) is 0 Å². The van der Waals surface area contributed by atoms with Crippen molar-refractivity contribution in [3.8, 4) is 0 Å². The van der Waals surface area contributed by atoms with Crippen molar-refractivity contribution in [1.29, 1.82) is 0 Å².